The maximum Gasteiger partial charge on any atom is 0.311 e. The number of carboxylic acid groups (broad SMARTS) is 1. The fourth-order valence-electron chi connectivity index (χ4n) is 2.76. The van der Waals surface area contributed by atoms with Crippen molar-refractivity contribution in [3.63, 3.8) is 0 Å². The SMILES string of the molecule is O=C(Cc1csc(-c2ccc(Cl)cc2Cl)n1)CC(C(=O)O)c1ccccc1F. The van der Waals surface area contributed by atoms with E-state index in [0.29, 0.717) is 26.3 Å². The van der Waals surface area contributed by atoms with Crippen LogP contribution in [0.4, 0.5) is 4.39 Å². The van der Waals surface area contributed by atoms with Crippen molar-refractivity contribution in [3.05, 3.63) is 75.0 Å². The molecule has 0 radical (unpaired) electrons. The molecule has 0 aliphatic carbocycles. The molecule has 0 amide bonds. The number of rotatable bonds is 7. The molecule has 2 aromatic carbocycles. The van der Waals surface area contributed by atoms with Crippen LogP contribution in [0.15, 0.2) is 47.8 Å². The van der Waals surface area contributed by atoms with Crippen molar-refractivity contribution in [3.8, 4) is 10.6 Å². The predicted octanol–water partition coefficient (Wildman–Crippen LogP) is 5.63. The highest BCUT2D eigenvalue weighted by molar-refractivity contribution is 7.13. The average molecular weight is 438 g/mol. The van der Waals surface area contributed by atoms with Gasteiger partial charge in [-0.3, -0.25) is 9.59 Å². The third-order valence-corrected chi connectivity index (χ3v) is 5.57. The summed E-state index contributed by atoms with van der Waals surface area (Å²) in [7, 11) is 0. The largest absolute Gasteiger partial charge is 0.481 e. The zero-order valence-electron chi connectivity index (χ0n) is 14.4. The molecule has 28 heavy (non-hydrogen) atoms. The Labute approximate surface area is 174 Å². The molecule has 0 aliphatic rings. The van der Waals surface area contributed by atoms with Crippen LogP contribution in [0.3, 0.4) is 0 Å². The standard InChI is InChI=1S/C20H14Cl2FNO3S/c21-11-5-6-15(17(22)7-11)19-24-12(10-28-19)8-13(25)9-16(20(26)27)14-3-1-2-4-18(14)23/h1-7,10,16H,8-9H2,(H,26,27). The van der Waals surface area contributed by atoms with Gasteiger partial charge in [-0.15, -0.1) is 11.3 Å². The molecule has 0 saturated carbocycles. The summed E-state index contributed by atoms with van der Waals surface area (Å²) in [4.78, 5) is 28.3. The number of thiazole rings is 1. The van der Waals surface area contributed by atoms with Crippen LogP contribution < -0.4 is 0 Å². The Kier molecular flexibility index (Phi) is 6.44. The van der Waals surface area contributed by atoms with Gasteiger partial charge in [0.15, 0.2) is 0 Å². The highest BCUT2D eigenvalue weighted by atomic mass is 35.5. The van der Waals surface area contributed by atoms with Crippen LogP contribution in [0.1, 0.15) is 23.6 Å². The first-order valence-corrected chi connectivity index (χ1v) is 9.87. The minimum Gasteiger partial charge on any atom is -0.481 e. The molecule has 8 heteroatoms. The molecule has 0 saturated heterocycles. The van der Waals surface area contributed by atoms with E-state index in [-0.39, 0.29) is 24.2 Å². The zero-order valence-corrected chi connectivity index (χ0v) is 16.7. The van der Waals surface area contributed by atoms with E-state index in [0.717, 1.165) is 0 Å². The Morgan fingerprint density at radius 2 is 1.93 bits per heavy atom. The van der Waals surface area contributed by atoms with Crippen LogP contribution in [-0.4, -0.2) is 21.8 Å². The summed E-state index contributed by atoms with van der Waals surface area (Å²) in [5, 5.41) is 12.7. The number of hydrogen-bond acceptors (Lipinski definition) is 4. The van der Waals surface area contributed by atoms with Crippen molar-refractivity contribution in [2.75, 3.05) is 0 Å². The summed E-state index contributed by atoms with van der Waals surface area (Å²) in [6, 6.07) is 10.6. The number of carboxylic acids is 1. The summed E-state index contributed by atoms with van der Waals surface area (Å²) in [6.45, 7) is 0. The molecule has 3 aromatic rings. The second-order valence-electron chi connectivity index (χ2n) is 6.10. The molecule has 144 valence electrons. The average Bonchev–Trinajstić information content (AvgIpc) is 3.08. The molecule has 4 nitrogen and oxygen atoms in total. The number of Topliss-reactive ketones (excluding diaryl/α,β-unsaturated/α-hetero) is 1. The van der Waals surface area contributed by atoms with E-state index in [9.17, 15) is 19.1 Å². The molecule has 1 heterocycles. The summed E-state index contributed by atoms with van der Waals surface area (Å²) < 4.78 is 13.9. The van der Waals surface area contributed by atoms with Crippen molar-refractivity contribution in [1.29, 1.82) is 0 Å². The van der Waals surface area contributed by atoms with E-state index in [1.807, 2.05) is 0 Å². The summed E-state index contributed by atoms with van der Waals surface area (Å²) in [5.74, 6) is -3.46. The van der Waals surface area contributed by atoms with Gasteiger partial charge in [0.1, 0.15) is 16.6 Å². The Bertz CT molecular complexity index is 1040. The maximum atomic E-state index is 13.9. The molecule has 1 atom stereocenters. The Hall–Kier alpha value is -2.28. The van der Waals surface area contributed by atoms with Gasteiger partial charge >= 0.3 is 5.97 Å². The van der Waals surface area contributed by atoms with Crippen LogP contribution in [-0.2, 0) is 16.0 Å². The highest BCUT2D eigenvalue weighted by Gasteiger charge is 2.26. The number of nitrogens with zero attached hydrogens (tertiary/aromatic N) is 1. The molecule has 0 aliphatic heterocycles. The van der Waals surface area contributed by atoms with E-state index in [4.69, 9.17) is 23.2 Å². The summed E-state index contributed by atoms with van der Waals surface area (Å²) in [5.41, 5.74) is 1.20. The lowest BCUT2D eigenvalue weighted by atomic mass is 9.92. The van der Waals surface area contributed by atoms with Crippen molar-refractivity contribution in [2.45, 2.75) is 18.8 Å². The molecular weight excluding hydrogens is 424 g/mol. The Morgan fingerprint density at radius 3 is 2.61 bits per heavy atom. The normalized spacial score (nSPS) is 12.0. The van der Waals surface area contributed by atoms with Crippen LogP contribution in [0.2, 0.25) is 10.0 Å². The lowest BCUT2D eigenvalue weighted by molar-refractivity contribution is -0.140. The molecule has 0 spiro atoms. The van der Waals surface area contributed by atoms with Crippen molar-refractivity contribution < 1.29 is 19.1 Å². The lowest BCUT2D eigenvalue weighted by Crippen LogP contribution is -2.18. The smallest absolute Gasteiger partial charge is 0.311 e. The molecular formula is C20H14Cl2FNO3S. The third kappa shape index (κ3) is 4.76. The number of carbonyl (C=O) groups is 2. The van der Waals surface area contributed by atoms with Gasteiger partial charge in [-0.2, -0.15) is 0 Å². The van der Waals surface area contributed by atoms with E-state index < -0.39 is 17.7 Å². The number of aliphatic carboxylic acids is 1. The summed E-state index contributed by atoms with van der Waals surface area (Å²) >= 11 is 13.4. The van der Waals surface area contributed by atoms with E-state index >= 15 is 0 Å². The van der Waals surface area contributed by atoms with Crippen LogP contribution in [0.25, 0.3) is 10.6 Å². The molecule has 1 N–H and O–H groups in total. The van der Waals surface area contributed by atoms with Crippen LogP contribution in [0.5, 0.6) is 0 Å². The molecule has 0 fully saturated rings. The first-order valence-electron chi connectivity index (χ1n) is 8.24. The number of aromatic nitrogens is 1. The molecule has 3 rings (SSSR count). The summed E-state index contributed by atoms with van der Waals surface area (Å²) in [6.07, 6.45) is -0.356. The molecule has 0 bridgehead atoms. The van der Waals surface area contributed by atoms with Crippen LogP contribution >= 0.6 is 34.5 Å². The topological polar surface area (TPSA) is 67.3 Å². The number of carbonyl (C=O) groups excluding carboxylic acids is 1. The monoisotopic (exact) mass is 437 g/mol. The van der Waals surface area contributed by atoms with Gasteiger partial charge in [0.2, 0.25) is 0 Å². The van der Waals surface area contributed by atoms with Gasteiger partial charge in [0, 0.05) is 34.4 Å². The van der Waals surface area contributed by atoms with E-state index in [1.165, 1.54) is 29.5 Å². The highest BCUT2D eigenvalue weighted by Crippen LogP contribution is 2.32. The van der Waals surface area contributed by atoms with Crippen molar-refractivity contribution in [1.82, 2.24) is 4.98 Å². The lowest BCUT2D eigenvalue weighted by Gasteiger charge is -2.12. The molecule has 1 aromatic heterocycles. The van der Waals surface area contributed by atoms with Gasteiger partial charge in [-0.25, -0.2) is 9.37 Å². The second-order valence-corrected chi connectivity index (χ2v) is 7.80. The van der Waals surface area contributed by atoms with Gasteiger partial charge in [-0.1, -0.05) is 41.4 Å². The predicted molar refractivity (Wildman–Crippen MR) is 108 cm³/mol. The second kappa shape index (κ2) is 8.82. The fourth-order valence-corrected chi connectivity index (χ4v) is 4.18. The number of hydrogen-bond donors (Lipinski definition) is 1. The van der Waals surface area contributed by atoms with Crippen molar-refractivity contribution >= 4 is 46.3 Å². The quantitative estimate of drug-likeness (QED) is 0.520. The maximum absolute atomic E-state index is 13.9. The first-order chi connectivity index (χ1) is 13.3. The first kappa shape index (κ1) is 20.5. The number of ketones is 1. The zero-order chi connectivity index (χ0) is 20.3. The number of benzene rings is 2. The van der Waals surface area contributed by atoms with Crippen LogP contribution in [0, 0.1) is 5.82 Å². The molecule has 1 unspecified atom stereocenters. The van der Waals surface area contributed by atoms with E-state index in [1.54, 1.807) is 29.6 Å². The minimum atomic E-state index is -1.25. The third-order valence-electron chi connectivity index (χ3n) is 4.10. The van der Waals surface area contributed by atoms with Gasteiger partial charge in [-0.05, 0) is 24.3 Å². The van der Waals surface area contributed by atoms with Gasteiger partial charge in [0.05, 0.1) is 16.6 Å². The Morgan fingerprint density at radius 1 is 1.18 bits per heavy atom. The van der Waals surface area contributed by atoms with E-state index in [2.05, 4.69) is 4.98 Å². The fraction of sp³-hybridized carbons (Fsp3) is 0.150. The van der Waals surface area contributed by atoms with Crippen molar-refractivity contribution in [2.24, 2.45) is 0 Å². The van der Waals surface area contributed by atoms with Gasteiger partial charge in [0.25, 0.3) is 0 Å². The number of halogens is 3. The Balaban J connectivity index is 1.73. The van der Waals surface area contributed by atoms with Gasteiger partial charge < -0.3 is 5.11 Å². The minimum absolute atomic E-state index is 0.00439.